The van der Waals surface area contributed by atoms with Gasteiger partial charge in [-0.3, -0.25) is 9.59 Å². The maximum Gasteiger partial charge on any atom is 0.408 e. The largest absolute Gasteiger partial charge is 0.444 e. The van der Waals surface area contributed by atoms with Gasteiger partial charge < -0.3 is 20.3 Å². The molecule has 170 valence electrons. The molecule has 0 bridgehead atoms. The van der Waals surface area contributed by atoms with E-state index in [1.807, 2.05) is 45.9 Å². The highest BCUT2D eigenvalue weighted by Crippen LogP contribution is 2.24. The molecule has 2 N–H and O–H groups in total. The van der Waals surface area contributed by atoms with Gasteiger partial charge >= 0.3 is 6.09 Å². The maximum atomic E-state index is 13.2. The molecule has 1 aromatic carbocycles. The van der Waals surface area contributed by atoms with Crippen LogP contribution >= 0.6 is 0 Å². The zero-order valence-electron chi connectivity index (χ0n) is 19.7. The standard InChI is InChI=1S/C23H34N4O4/c1-15-9-11-17(12-10-15)18(19(28)26-22(3,4)5)27(14-13-24)20(29)16(2)25-21(30)31-23(6,7)8/h9-12,16,18H,14H2,1-8H3,(H,25,30)(H,26,28). The molecule has 3 amide bonds. The quantitative estimate of drug-likeness (QED) is 0.673. The van der Waals surface area contributed by atoms with E-state index < -0.39 is 41.1 Å². The van der Waals surface area contributed by atoms with Crippen LogP contribution in [0.25, 0.3) is 0 Å². The van der Waals surface area contributed by atoms with Crippen LogP contribution in [0.3, 0.4) is 0 Å². The van der Waals surface area contributed by atoms with Gasteiger partial charge in [0.05, 0.1) is 6.07 Å². The zero-order chi connectivity index (χ0) is 24.0. The third-order valence-electron chi connectivity index (χ3n) is 4.08. The highest BCUT2D eigenvalue weighted by atomic mass is 16.6. The Morgan fingerprint density at radius 3 is 2.10 bits per heavy atom. The molecule has 0 aliphatic carbocycles. The lowest BCUT2D eigenvalue weighted by Gasteiger charge is -2.34. The molecule has 1 aromatic rings. The number of ether oxygens (including phenoxy) is 1. The first kappa shape index (κ1) is 26.0. The van der Waals surface area contributed by atoms with Crippen molar-refractivity contribution in [3.05, 3.63) is 35.4 Å². The lowest BCUT2D eigenvalue weighted by atomic mass is 10.00. The van der Waals surface area contributed by atoms with Gasteiger partial charge in [-0.2, -0.15) is 5.26 Å². The second-order valence-electron chi connectivity index (χ2n) is 9.54. The van der Waals surface area contributed by atoms with E-state index in [0.717, 1.165) is 5.56 Å². The number of rotatable bonds is 6. The Hall–Kier alpha value is -3.08. The van der Waals surface area contributed by atoms with E-state index in [-0.39, 0.29) is 6.54 Å². The van der Waals surface area contributed by atoms with Crippen molar-refractivity contribution in [1.29, 1.82) is 5.26 Å². The average molecular weight is 431 g/mol. The highest BCUT2D eigenvalue weighted by molar-refractivity contribution is 5.92. The summed E-state index contributed by atoms with van der Waals surface area (Å²) in [5.74, 6) is -0.980. The van der Waals surface area contributed by atoms with Crippen LogP contribution < -0.4 is 10.6 Å². The van der Waals surface area contributed by atoms with Crippen molar-refractivity contribution in [1.82, 2.24) is 15.5 Å². The van der Waals surface area contributed by atoms with Crippen molar-refractivity contribution in [2.24, 2.45) is 0 Å². The topological polar surface area (TPSA) is 112 Å². The van der Waals surface area contributed by atoms with E-state index in [0.29, 0.717) is 5.56 Å². The zero-order valence-corrected chi connectivity index (χ0v) is 19.7. The molecular formula is C23H34N4O4. The first-order valence-corrected chi connectivity index (χ1v) is 10.2. The number of nitrogens with one attached hydrogen (secondary N) is 2. The number of carbonyl (C=O) groups excluding carboxylic acids is 3. The van der Waals surface area contributed by atoms with Crippen molar-refractivity contribution in [2.45, 2.75) is 78.6 Å². The van der Waals surface area contributed by atoms with Crippen molar-refractivity contribution in [3.8, 4) is 6.07 Å². The lowest BCUT2D eigenvalue weighted by Crippen LogP contribution is -2.53. The number of alkyl carbamates (subject to hydrolysis) is 1. The van der Waals surface area contributed by atoms with Crippen LogP contribution in [0, 0.1) is 18.3 Å². The predicted octanol–water partition coefficient (Wildman–Crippen LogP) is 3.22. The summed E-state index contributed by atoms with van der Waals surface area (Å²) in [7, 11) is 0. The molecule has 0 aliphatic heterocycles. The van der Waals surface area contributed by atoms with Crippen molar-refractivity contribution < 1.29 is 19.1 Å². The average Bonchev–Trinajstić information content (AvgIpc) is 2.59. The summed E-state index contributed by atoms with van der Waals surface area (Å²) in [5, 5.41) is 14.7. The second-order valence-corrected chi connectivity index (χ2v) is 9.54. The highest BCUT2D eigenvalue weighted by Gasteiger charge is 2.35. The van der Waals surface area contributed by atoms with Gasteiger partial charge in [0.15, 0.2) is 0 Å². The summed E-state index contributed by atoms with van der Waals surface area (Å²) >= 11 is 0. The summed E-state index contributed by atoms with van der Waals surface area (Å²) in [4.78, 5) is 39.7. The van der Waals surface area contributed by atoms with E-state index in [1.54, 1.807) is 32.9 Å². The molecule has 0 aliphatic rings. The lowest BCUT2D eigenvalue weighted by molar-refractivity contribution is -0.142. The van der Waals surface area contributed by atoms with Gasteiger partial charge in [0.25, 0.3) is 0 Å². The van der Waals surface area contributed by atoms with Gasteiger partial charge in [-0.1, -0.05) is 29.8 Å². The van der Waals surface area contributed by atoms with Gasteiger partial charge in [-0.15, -0.1) is 0 Å². The van der Waals surface area contributed by atoms with Gasteiger partial charge in [0.2, 0.25) is 11.8 Å². The van der Waals surface area contributed by atoms with Crippen LogP contribution in [-0.2, 0) is 14.3 Å². The maximum absolute atomic E-state index is 13.2. The molecule has 2 unspecified atom stereocenters. The molecule has 8 nitrogen and oxygen atoms in total. The SMILES string of the molecule is Cc1ccc(C(C(=O)NC(C)(C)C)N(CC#N)C(=O)C(C)NC(=O)OC(C)(C)C)cc1. The number of hydrogen-bond acceptors (Lipinski definition) is 5. The normalized spacial score (nSPS) is 13.4. The van der Waals surface area contributed by atoms with Crippen LogP contribution in [0.2, 0.25) is 0 Å². The van der Waals surface area contributed by atoms with Crippen LogP contribution in [0.4, 0.5) is 4.79 Å². The fraction of sp³-hybridized carbons (Fsp3) is 0.565. The molecule has 31 heavy (non-hydrogen) atoms. The molecule has 2 atom stereocenters. The Morgan fingerprint density at radius 2 is 1.65 bits per heavy atom. The first-order valence-electron chi connectivity index (χ1n) is 10.2. The number of carbonyl (C=O) groups is 3. The van der Waals surface area contributed by atoms with Crippen molar-refractivity contribution in [3.63, 3.8) is 0 Å². The van der Waals surface area contributed by atoms with Gasteiger partial charge in [0.1, 0.15) is 24.2 Å². The Balaban J connectivity index is 3.27. The Morgan fingerprint density at radius 1 is 1.10 bits per heavy atom. The monoisotopic (exact) mass is 430 g/mol. The summed E-state index contributed by atoms with van der Waals surface area (Å²) in [6.45, 7) is 13.7. The minimum Gasteiger partial charge on any atom is -0.444 e. The van der Waals surface area contributed by atoms with E-state index in [1.165, 1.54) is 11.8 Å². The van der Waals surface area contributed by atoms with Crippen molar-refractivity contribution in [2.75, 3.05) is 6.54 Å². The Labute approximate surface area is 184 Å². The van der Waals surface area contributed by atoms with Crippen LogP contribution in [0.15, 0.2) is 24.3 Å². The fourth-order valence-corrected chi connectivity index (χ4v) is 2.83. The van der Waals surface area contributed by atoms with Gasteiger partial charge in [-0.25, -0.2) is 4.79 Å². The van der Waals surface area contributed by atoms with Crippen molar-refractivity contribution >= 4 is 17.9 Å². The molecule has 0 aromatic heterocycles. The van der Waals surface area contributed by atoms with E-state index >= 15 is 0 Å². The molecule has 0 radical (unpaired) electrons. The van der Waals surface area contributed by atoms with Crippen LogP contribution in [-0.4, -0.2) is 46.5 Å². The number of hydrogen-bond donors (Lipinski definition) is 2. The molecule has 8 heteroatoms. The predicted molar refractivity (Wildman–Crippen MR) is 118 cm³/mol. The fourth-order valence-electron chi connectivity index (χ4n) is 2.83. The number of aryl methyl sites for hydroxylation is 1. The van der Waals surface area contributed by atoms with Gasteiger partial charge in [0, 0.05) is 5.54 Å². The number of benzene rings is 1. The minimum absolute atomic E-state index is 0.324. The number of nitrogens with zero attached hydrogens (tertiary/aromatic N) is 2. The molecule has 0 heterocycles. The summed E-state index contributed by atoms with van der Waals surface area (Å²) < 4.78 is 5.20. The first-order chi connectivity index (χ1) is 14.1. The third-order valence-corrected chi connectivity index (χ3v) is 4.08. The van der Waals surface area contributed by atoms with E-state index in [4.69, 9.17) is 4.74 Å². The molecular weight excluding hydrogens is 396 g/mol. The summed E-state index contributed by atoms with van der Waals surface area (Å²) in [6, 6.07) is 7.11. The third kappa shape index (κ3) is 8.67. The van der Waals surface area contributed by atoms with E-state index in [9.17, 15) is 19.6 Å². The number of amides is 3. The molecule has 0 saturated heterocycles. The summed E-state index contributed by atoms with van der Waals surface area (Å²) in [5.41, 5.74) is 0.301. The van der Waals surface area contributed by atoms with E-state index in [2.05, 4.69) is 10.6 Å². The van der Waals surface area contributed by atoms with Crippen LogP contribution in [0.1, 0.15) is 65.6 Å². The Kier molecular flexibility index (Phi) is 8.62. The summed E-state index contributed by atoms with van der Waals surface area (Å²) in [6.07, 6.45) is -0.753. The smallest absolute Gasteiger partial charge is 0.408 e. The van der Waals surface area contributed by atoms with Crippen LogP contribution in [0.5, 0.6) is 0 Å². The Bertz CT molecular complexity index is 829. The molecule has 0 spiro atoms. The second kappa shape index (κ2) is 10.3. The number of nitriles is 1. The molecule has 0 saturated carbocycles. The molecule has 1 rings (SSSR count). The van der Waals surface area contributed by atoms with Gasteiger partial charge in [-0.05, 0) is 61.0 Å². The molecule has 0 fully saturated rings. The minimum atomic E-state index is -1.03.